The van der Waals surface area contributed by atoms with Crippen LogP contribution in [0.1, 0.15) is 35.6 Å². The second-order valence-electron chi connectivity index (χ2n) is 8.16. The van der Waals surface area contributed by atoms with E-state index in [0.29, 0.717) is 18.8 Å². The SMILES string of the molecule is O=C(NCCN1CCCCC1)c1ccc(CN2CCN(c3ccc(F)cc3)CC2)o1. The highest BCUT2D eigenvalue weighted by molar-refractivity contribution is 5.91. The lowest BCUT2D eigenvalue weighted by molar-refractivity contribution is 0.0914. The molecule has 3 heterocycles. The van der Waals surface area contributed by atoms with Gasteiger partial charge in [-0.3, -0.25) is 9.69 Å². The summed E-state index contributed by atoms with van der Waals surface area (Å²) in [5, 5.41) is 2.97. The van der Waals surface area contributed by atoms with Crippen LogP contribution in [0, 0.1) is 5.82 Å². The Kier molecular flexibility index (Phi) is 7.02. The van der Waals surface area contributed by atoms with E-state index in [4.69, 9.17) is 4.42 Å². The smallest absolute Gasteiger partial charge is 0.287 e. The molecular weight excluding hydrogens is 383 g/mol. The fourth-order valence-electron chi connectivity index (χ4n) is 4.22. The molecule has 0 aliphatic carbocycles. The fourth-order valence-corrected chi connectivity index (χ4v) is 4.22. The van der Waals surface area contributed by atoms with E-state index in [1.807, 2.05) is 18.2 Å². The number of carbonyl (C=O) groups excluding carboxylic acids is 1. The van der Waals surface area contributed by atoms with E-state index >= 15 is 0 Å². The van der Waals surface area contributed by atoms with Crippen LogP contribution in [0.5, 0.6) is 0 Å². The van der Waals surface area contributed by atoms with Crippen LogP contribution >= 0.6 is 0 Å². The lowest BCUT2D eigenvalue weighted by atomic mass is 10.1. The number of piperidine rings is 1. The van der Waals surface area contributed by atoms with Crippen LogP contribution in [0.2, 0.25) is 0 Å². The van der Waals surface area contributed by atoms with Gasteiger partial charge in [-0.25, -0.2) is 4.39 Å². The van der Waals surface area contributed by atoms with Crippen LogP contribution in [0.4, 0.5) is 10.1 Å². The number of hydrogen-bond donors (Lipinski definition) is 1. The van der Waals surface area contributed by atoms with E-state index in [-0.39, 0.29) is 11.7 Å². The summed E-state index contributed by atoms with van der Waals surface area (Å²) in [7, 11) is 0. The normalized spacial score (nSPS) is 18.5. The number of hydrogen-bond acceptors (Lipinski definition) is 5. The van der Waals surface area contributed by atoms with Gasteiger partial charge >= 0.3 is 0 Å². The topological polar surface area (TPSA) is 52.0 Å². The zero-order chi connectivity index (χ0) is 20.8. The number of nitrogens with one attached hydrogen (secondary N) is 1. The average Bonchev–Trinajstić information content (AvgIpc) is 3.24. The molecule has 1 aromatic carbocycles. The maximum atomic E-state index is 13.1. The van der Waals surface area contributed by atoms with Gasteiger partial charge < -0.3 is 19.5 Å². The van der Waals surface area contributed by atoms with E-state index < -0.39 is 0 Å². The summed E-state index contributed by atoms with van der Waals surface area (Å²) in [6.45, 7) is 8.08. The molecular formula is C23H31FN4O2. The molecule has 0 spiro atoms. The zero-order valence-corrected chi connectivity index (χ0v) is 17.5. The van der Waals surface area contributed by atoms with Crippen molar-refractivity contribution >= 4 is 11.6 Å². The second kappa shape index (κ2) is 10.1. The van der Waals surface area contributed by atoms with Gasteiger partial charge in [0.2, 0.25) is 0 Å². The number of rotatable bonds is 7. The fraction of sp³-hybridized carbons (Fsp3) is 0.522. The molecule has 1 aromatic heterocycles. The van der Waals surface area contributed by atoms with Crippen LogP contribution < -0.4 is 10.2 Å². The van der Waals surface area contributed by atoms with Crippen molar-refractivity contribution in [3.8, 4) is 0 Å². The Balaban J connectivity index is 1.20. The third kappa shape index (κ3) is 5.61. The summed E-state index contributed by atoms with van der Waals surface area (Å²) in [5.74, 6) is 0.848. The quantitative estimate of drug-likeness (QED) is 0.755. The summed E-state index contributed by atoms with van der Waals surface area (Å²) < 4.78 is 18.9. The van der Waals surface area contributed by atoms with Gasteiger partial charge in [-0.1, -0.05) is 6.42 Å². The predicted octanol–water partition coefficient (Wildman–Crippen LogP) is 2.96. The third-order valence-electron chi connectivity index (χ3n) is 5.99. The molecule has 1 amide bonds. The highest BCUT2D eigenvalue weighted by Crippen LogP contribution is 2.18. The molecule has 7 heteroatoms. The van der Waals surface area contributed by atoms with Gasteiger partial charge in [0.1, 0.15) is 11.6 Å². The predicted molar refractivity (Wildman–Crippen MR) is 115 cm³/mol. The van der Waals surface area contributed by atoms with Crippen LogP contribution in [0.25, 0.3) is 0 Å². The summed E-state index contributed by atoms with van der Waals surface area (Å²) in [4.78, 5) is 19.3. The van der Waals surface area contributed by atoms with E-state index in [2.05, 4.69) is 20.0 Å². The van der Waals surface area contributed by atoms with Crippen molar-refractivity contribution in [2.75, 3.05) is 57.3 Å². The van der Waals surface area contributed by atoms with E-state index in [1.165, 1.54) is 31.4 Å². The van der Waals surface area contributed by atoms with Gasteiger partial charge in [-0.2, -0.15) is 0 Å². The monoisotopic (exact) mass is 414 g/mol. The Hall–Kier alpha value is -2.38. The van der Waals surface area contributed by atoms with Gasteiger partial charge in [0.15, 0.2) is 5.76 Å². The number of likely N-dealkylation sites (tertiary alicyclic amines) is 1. The molecule has 2 fully saturated rings. The molecule has 0 atom stereocenters. The maximum absolute atomic E-state index is 13.1. The first kappa shape index (κ1) is 20.9. The van der Waals surface area contributed by atoms with Crippen LogP contribution in [0.3, 0.4) is 0 Å². The molecule has 2 aromatic rings. The molecule has 1 N–H and O–H groups in total. The zero-order valence-electron chi connectivity index (χ0n) is 17.5. The first-order valence-corrected chi connectivity index (χ1v) is 11.0. The van der Waals surface area contributed by atoms with Crippen molar-refractivity contribution in [2.45, 2.75) is 25.8 Å². The number of carbonyl (C=O) groups is 1. The molecule has 4 rings (SSSR count). The van der Waals surface area contributed by atoms with Gasteiger partial charge in [0.25, 0.3) is 5.91 Å². The Morgan fingerprint density at radius 1 is 0.900 bits per heavy atom. The minimum Gasteiger partial charge on any atom is -0.455 e. The van der Waals surface area contributed by atoms with E-state index in [0.717, 1.165) is 57.3 Å². The molecule has 2 aliphatic heterocycles. The van der Waals surface area contributed by atoms with Gasteiger partial charge in [0.05, 0.1) is 6.54 Å². The van der Waals surface area contributed by atoms with Gasteiger partial charge in [-0.15, -0.1) is 0 Å². The molecule has 2 aliphatic rings. The Morgan fingerprint density at radius 2 is 1.63 bits per heavy atom. The van der Waals surface area contributed by atoms with E-state index in [1.54, 1.807) is 6.07 Å². The van der Waals surface area contributed by atoms with Crippen molar-refractivity contribution < 1.29 is 13.6 Å². The number of halogens is 1. The molecule has 2 saturated heterocycles. The highest BCUT2D eigenvalue weighted by atomic mass is 19.1. The molecule has 0 unspecified atom stereocenters. The minimum absolute atomic E-state index is 0.139. The lowest BCUT2D eigenvalue weighted by Gasteiger charge is -2.35. The van der Waals surface area contributed by atoms with Gasteiger partial charge in [0, 0.05) is 45.0 Å². The molecule has 0 radical (unpaired) electrons. The number of nitrogens with zero attached hydrogens (tertiary/aromatic N) is 3. The molecule has 0 saturated carbocycles. The summed E-state index contributed by atoms with van der Waals surface area (Å²) in [6.07, 6.45) is 3.83. The highest BCUT2D eigenvalue weighted by Gasteiger charge is 2.19. The lowest BCUT2D eigenvalue weighted by Crippen LogP contribution is -2.45. The number of amides is 1. The first-order valence-electron chi connectivity index (χ1n) is 11.0. The summed E-state index contributed by atoms with van der Waals surface area (Å²) >= 11 is 0. The van der Waals surface area contributed by atoms with Crippen LogP contribution in [-0.2, 0) is 6.54 Å². The number of piperazine rings is 1. The largest absolute Gasteiger partial charge is 0.455 e. The van der Waals surface area contributed by atoms with Gasteiger partial charge in [-0.05, 0) is 62.3 Å². The summed E-state index contributed by atoms with van der Waals surface area (Å²) in [6, 6.07) is 10.3. The summed E-state index contributed by atoms with van der Waals surface area (Å²) in [5.41, 5.74) is 1.05. The van der Waals surface area contributed by atoms with E-state index in [9.17, 15) is 9.18 Å². The van der Waals surface area contributed by atoms with Crippen molar-refractivity contribution in [1.82, 2.24) is 15.1 Å². The third-order valence-corrected chi connectivity index (χ3v) is 5.99. The molecule has 162 valence electrons. The van der Waals surface area contributed by atoms with Crippen molar-refractivity contribution in [3.05, 3.63) is 53.7 Å². The average molecular weight is 415 g/mol. The minimum atomic E-state index is -0.207. The number of furan rings is 1. The molecule has 30 heavy (non-hydrogen) atoms. The van der Waals surface area contributed by atoms with Crippen molar-refractivity contribution in [3.63, 3.8) is 0 Å². The number of benzene rings is 1. The Morgan fingerprint density at radius 3 is 2.37 bits per heavy atom. The molecule has 6 nitrogen and oxygen atoms in total. The Labute approximate surface area is 177 Å². The first-order chi connectivity index (χ1) is 14.7. The van der Waals surface area contributed by atoms with Crippen molar-refractivity contribution in [2.24, 2.45) is 0 Å². The number of anilines is 1. The van der Waals surface area contributed by atoms with Crippen LogP contribution in [-0.4, -0.2) is 68.1 Å². The standard InChI is InChI=1S/C23H31FN4O2/c24-19-4-6-20(7-5-19)28-16-14-27(15-17-28)18-21-8-9-22(30-21)23(29)25-10-13-26-11-2-1-3-12-26/h4-9H,1-3,10-18H2,(H,25,29). The maximum Gasteiger partial charge on any atom is 0.287 e. The van der Waals surface area contributed by atoms with Crippen molar-refractivity contribution in [1.29, 1.82) is 0 Å². The Bertz CT molecular complexity index is 809. The van der Waals surface area contributed by atoms with Crippen LogP contribution in [0.15, 0.2) is 40.8 Å². The molecule has 0 bridgehead atoms. The second-order valence-corrected chi connectivity index (χ2v) is 8.16.